The van der Waals surface area contributed by atoms with Gasteiger partial charge in [0.25, 0.3) is 0 Å². The number of aryl methyl sites for hydroxylation is 1. The molecule has 0 amide bonds. The zero-order valence-electron chi connectivity index (χ0n) is 27.0. The van der Waals surface area contributed by atoms with Crippen LogP contribution >= 0.6 is 0 Å². The van der Waals surface area contributed by atoms with Crippen molar-refractivity contribution in [3.8, 4) is 11.5 Å². The number of rotatable bonds is 10. The average Bonchev–Trinajstić information content (AvgIpc) is 2.77. The highest BCUT2D eigenvalue weighted by Gasteiger charge is 2.29. The molecular formula is C36H56O3. The fraction of sp³-hybridized carbons (Fsp3) is 0.639. The van der Waals surface area contributed by atoms with Crippen molar-refractivity contribution in [2.24, 2.45) is 11.8 Å². The highest BCUT2D eigenvalue weighted by Crippen LogP contribution is 2.40. The first kappa shape index (κ1) is 32.9. The largest absolute Gasteiger partial charge is 0.507 e. The first-order valence-corrected chi connectivity index (χ1v) is 15.0. The molecule has 0 aliphatic carbocycles. The van der Waals surface area contributed by atoms with E-state index in [2.05, 4.69) is 101 Å². The molecule has 1 unspecified atom stereocenters. The van der Waals surface area contributed by atoms with E-state index in [9.17, 15) is 9.90 Å². The van der Waals surface area contributed by atoms with E-state index in [-0.39, 0.29) is 28.1 Å². The van der Waals surface area contributed by atoms with E-state index in [4.69, 9.17) is 4.74 Å². The Balaban J connectivity index is 2.44. The minimum Gasteiger partial charge on any atom is -0.507 e. The summed E-state index contributed by atoms with van der Waals surface area (Å²) in [6, 6.07) is 10.3. The number of phenolic OH excluding ortho intramolecular Hbond substituents is 1. The minimum atomic E-state index is -0.247. The van der Waals surface area contributed by atoms with Crippen molar-refractivity contribution in [2.75, 3.05) is 0 Å². The van der Waals surface area contributed by atoms with Crippen LogP contribution in [0.15, 0.2) is 30.3 Å². The van der Waals surface area contributed by atoms with Gasteiger partial charge < -0.3 is 9.84 Å². The van der Waals surface area contributed by atoms with E-state index in [0.717, 1.165) is 47.1 Å². The number of ether oxygens (including phenoxy) is 1. The van der Waals surface area contributed by atoms with Crippen LogP contribution in [-0.4, -0.2) is 11.1 Å². The molecule has 2 aromatic rings. The van der Waals surface area contributed by atoms with Gasteiger partial charge in [0.2, 0.25) is 0 Å². The molecule has 0 aliphatic rings. The van der Waals surface area contributed by atoms with Gasteiger partial charge in [-0.05, 0) is 64.7 Å². The first-order chi connectivity index (χ1) is 17.8. The lowest BCUT2D eigenvalue weighted by molar-refractivity contribution is -0.139. The molecule has 218 valence electrons. The number of carbonyl (C=O) groups excluding carboxylic acids is 1. The van der Waals surface area contributed by atoms with E-state index >= 15 is 0 Å². The monoisotopic (exact) mass is 536 g/mol. The highest BCUT2D eigenvalue weighted by atomic mass is 16.5. The van der Waals surface area contributed by atoms with Gasteiger partial charge in [0.05, 0.1) is 5.92 Å². The molecule has 0 saturated carbocycles. The molecule has 0 aliphatic heterocycles. The van der Waals surface area contributed by atoms with Crippen LogP contribution in [0.5, 0.6) is 11.5 Å². The lowest BCUT2D eigenvalue weighted by atomic mass is 9.77. The standard InChI is InChI=1S/C36H56O3/c1-24(2)16-14-13-15-17-27(33(38)39-31-19-18-25(3)20-28(31)34(4,5)6)21-26-22-29(35(7,8)9)32(37)30(23-26)36(10,11)12/h18-20,22-24,27,37H,13-17,21H2,1-12H3. The summed E-state index contributed by atoms with van der Waals surface area (Å²) >= 11 is 0. The molecule has 0 spiro atoms. The SMILES string of the molecule is Cc1ccc(OC(=O)C(CCCCCC(C)C)Cc2cc(C(C)(C)C)c(O)c(C(C)(C)C)c2)c(C(C)(C)C)c1. The van der Waals surface area contributed by atoms with Gasteiger partial charge in [0.15, 0.2) is 0 Å². The van der Waals surface area contributed by atoms with Gasteiger partial charge in [-0.15, -0.1) is 0 Å². The average molecular weight is 537 g/mol. The van der Waals surface area contributed by atoms with Crippen LogP contribution < -0.4 is 4.74 Å². The quantitative estimate of drug-likeness (QED) is 0.187. The number of carbonyl (C=O) groups is 1. The topological polar surface area (TPSA) is 46.5 Å². The van der Waals surface area contributed by atoms with E-state index in [1.807, 2.05) is 12.1 Å². The molecule has 3 heteroatoms. The van der Waals surface area contributed by atoms with Gasteiger partial charge >= 0.3 is 5.97 Å². The fourth-order valence-electron chi connectivity index (χ4n) is 5.17. The summed E-state index contributed by atoms with van der Waals surface area (Å²) in [6.07, 6.45) is 5.93. The van der Waals surface area contributed by atoms with Crippen molar-refractivity contribution in [3.63, 3.8) is 0 Å². The van der Waals surface area contributed by atoms with E-state index in [1.165, 1.54) is 12.8 Å². The van der Waals surface area contributed by atoms with Crippen molar-refractivity contribution in [2.45, 2.75) is 138 Å². The smallest absolute Gasteiger partial charge is 0.314 e. The molecule has 1 N–H and O–H groups in total. The summed E-state index contributed by atoms with van der Waals surface area (Å²) < 4.78 is 6.19. The lowest BCUT2D eigenvalue weighted by Crippen LogP contribution is -2.25. The molecule has 2 aromatic carbocycles. The van der Waals surface area contributed by atoms with Crippen molar-refractivity contribution in [1.29, 1.82) is 0 Å². The van der Waals surface area contributed by atoms with E-state index in [0.29, 0.717) is 23.8 Å². The summed E-state index contributed by atoms with van der Waals surface area (Å²) in [5.41, 5.74) is 4.62. The third-order valence-corrected chi connectivity index (χ3v) is 7.59. The Hall–Kier alpha value is -2.29. The summed E-state index contributed by atoms with van der Waals surface area (Å²) in [5, 5.41) is 11.2. The minimum absolute atomic E-state index is 0.131. The highest BCUT2D eigenvalue weighted by molar-refractivity contribution is 5.76. The van der Waals surface area contributed by atoms with Crippen LogP contribution in [-0.2, 0) is 27.5 Å². The molecule has 3 nitrogen and oxygen atoms in total. The summed E-state index contributed by atoms with van der Waals surface area (Å²) in [4.78, 5) is 13.8. The molecule has 39 heavy (non-hydrogen) atoms. The van der Waals surface area contributed by atoms with Gasteiger partial charge in [-0.2, -0.15) is 0 Å². The molecule has 0 fully saturated rings. The number of esters is 1. The van der Waals surface area contributed by atoms with Crippen LogP contribution in [0, 0.1) is 18.8 Å². The molecule has 0 aromatic heterocycles. The Bertz CT molecular complexity index is 1070. The number of phenols is 1. The predicted octanol–water partition coefficient (Wildman–Crippen LogP) is 9.96. The Labute approximate surface area is 239 Å². The number of unbranched alkanes of at least 4 members (excludes halogenated alkanes) is 2. The second kappa shape index (κ2) is 12.9. The van der Waals surface area contributed by atoms with Gasteiger partial charge in [0.1, 0.15) is 11.5 Å². The van der Waals surface area contributed by atoms with Crippen molar-refractivity contribution >= 4 is 5.97 Å². The first-order valence-electron chi connectivity index (χ1n) is 15.0. The van der Waals surface area contributed by atoms with Gasteiger partial charge in [-0.1, -0.05) is 132 Å². The van der Waals surface area contributed by atoms with Crippen molar-refractivity contribution in [1.82, 2.24) is 0 Å². The van der Waals surface area contributed by atoms with Gasteiger partial charge in [-0.3, -0.25) is 4.79 Å². The summed E-state index contributed by atoms with van der Waals surface area (Å²) in [6.45, 7) is 25.8. The number of hydrogen-bond donors (Lipinski definition) is 1. The van der Waals surface area contributed by atoms with Crippen LogP contribution in [0.25, 0.3) is 0 Å². The summed E-state index contributed by atoms with van der Waals surface area (Å²) in [5.74, 6) is 1.34. The molecule has 1 atom stereocenters. The maximum atomic E-state index is 13.8. The van der Waals surface area contributed by atoms with E-state index in [1.54, 1.807) is 0 Å². The number of hydrogen-bond acceptors (Lipinski definition) is 3. The van der Waals surface area contributed by atoms with Crippen molar-refractivity contribution < 1.29 is 14.6 Å². The predicted molar refractivity (Wildman–Crippen MR) is 166 cm³/mol. The Morgan fingerprint density at radius 1 is 0.769 bits per heavy atom. The van der Waals surface area contributed by atoms with Crippen LogP contribution in [0.3, 0.4) is 0 Å². The normalized spacial score (nSPS) is 13.6. The number of benzene rings is 2. The molecule has 2 rings (SSSR count). The third kappa shape index (κ3) is 9.69. The Kier molecular flexibility index (Phi) is 10.9. The molecule has 0 bridgehead atoms. The molecule has 0 saturated heterocycles. The third-order valence-electron chi connectivity index (χ3n) is 7.59. The summed E-state index contributed by atoms with van der Waals surface area (Å²) in [7, 11) is 0. The Morgan fingerprint density at radius 3 is 1.77 bits per heavy atom. The molecule has 0 heterocycles. The van der Waals surface area contributed by atoms with Crippen LogP contribution in [0.1, 0.15) is 136 Å². The maximum Gasteiger partial charge on any atom is 0.314 e. The van der Waals surface area contributed by atoms with Gasteiger partial charge in [0, 0.05) is 5.56 Å². The number of aromatic hydroxyl groups is 1. The maximum absolute atomic E-state index is 13.8. The zero-order chi connectivity index (χ0) is 29.8. The van der Waals surface area contributed by atoms with E-state index < -0.39 is 0 Å². The lowest BCUT2D eigenvalue weighted by Gasteiger charge is -2.29. The fourth-order valence-corrected chi connectivity index (χ4v) is 5.17. The molecular weight excluding hydrogens is 480 g/mol. The van der Waals surface area contributed by atoms with Crippen LogP contribution in [0.4, 0.5) is 0 Å². The van der Waals surface area contributed by atoms with Gasteiger partial charge in [-0.25, -0.2) is 0 Å². The Morgan fingerprint density at radius 2 is 1.28 bits per heavy atom. The zero-order valence-corrected chi connectivity index (χ0v) is 27.0. The van der Waals surface area contributed by atoms with Crippen LogP contribution in [0.2, 0.25) is 0 Å². The second-order valence-electron chi connectivity index (χ2n) is 15.1. The van der Waals surface area contributed by atoms with Crippen molar-refractivity contribution in [3.05, 3.63) is 58.1 Å². The second-order valence-corrected chi connectivity index (χ2v) is 15.1. The molecule has 0 radical (unpaired) electrons.